The normalized spacial score (nSPS) is 31.1. The van der Waals surface area contributed by atoms with E-state index >= 15 is 0 Å². The number of nitrogens with zero attached hydrogens (tertiary/aromatic N) is 4. The third-order valence-electron chi connectivity index (χ3n) is 5.71. The molecule has 3 heterocycles. The summed E-state index contributed by atoms with van der Waals surface area (Å²) < 4.78 is 17.3. The summed E-state index contributed by atoms with van der Waals surface area (Å²) in [5, 5.41) is 35.5. The van der Waals surface area contributed by atoms with Crippen molar-refractivity contribution in [3.63, 3.8) is 0 Å². The minimum absolute atomic E-state index is 0.0479. The van der Waals surface area contributed by atoms with Crippen LogP contribution >= 0.6 is 0 Å². The van der Waals surface area contributed by atoms with Crippen molar-refractivity contribution in [3.8, 4) is 6.07 Å². The summed E-state index contributed by atoms with van der Waals surface area (Å²) in [6.45, 7) is -0.0479. The van der Waals surface area contributed by atoms with Gasteiger partial charge in [-0.25, -0.2) is 14.3 Å². The predicted octanol–water partition coefficient (Wildman–Crippen LogP) is 0.473. The number of nitrogens with two attached hydrogens (primary N) is 1. The molecule has 158 valence electrons. The van der Waals surface area contributed by atoms with Crippen molar-refractivity contribution >= 4 is 17.5 Å². The molecule has 2 aliphatic rings. The molecule has 1 unspecified atom stereocenters. The van der Waals surface area contributed by atoms with Gasteiger partial charge in [-0.1, -0.05) is 30.3 Å². The number of aromatic nitrogens is 3. The molecular weight excluding hydrogens is 406 g/mol. The Balaban J connectivity index is 1.34. The Labute approximate surface area is 175 Å². The lowest BCUT2D eigenvalue weighted by Crippen LogP contribution is -2.36. The largest absolute Gasteiger partial charge is 0.509 e. The van der Waals surface area contributed by atoms with Crippen LogP contribution in [0, 0.1) is 11.3 Å². The summed E-state index contributed by atoms with van der Waals surface area (Å²) in [5.74, 6) is 0.218. The number of carbonyl (C=O) groups excluding carboxylic acids is 1. The van der Waals surface area contributed by atoms with Crippen LogP contribution in [0.3, 0.4) is 0 Å². The molecule has 0 bridgehead atoms. The molecule has 0 spiro atoms. The zero-order valence-electron chi connectivity index (χ0n) is 16.0. The van der Waals surface area contributed by atoms with Crippen molar-refractivity contribution < 1.29 is 29.2 Å². The number of rotatable bonds is 4. The highest BCUT2D eigenvalue weighted by molar-refractivity contribution is 5.66. The minimum atomic E-state index is -2.12. The van der Waals surface area contributed by atoms with E-state index in [1.807, 2.05) is 12.1 Å². The van der Waals surface area contributed by atoms with Crippen molar-refractivity contribution in [3.05, 3.63) is 60.0 Å². The first-order valence-corrected chi connectivity index (χ1v) is 9.37. The molecule has 0 radical (unpaired) electrons. The molecule has 1 aliphatic heterocycles. The molecule has 2 fully saturated rings. The number of hydrogen-bond acceptors (Lipinski definition) is 10. The van der Waals surface area contributed by atoms with Crippen LogP contribution in [0.5, 0.6) is 0 Å². The first-order chi connectivity index (χ1) is 14.9. The molecule has 1 aromatic carbocycles. The SMILES string of the molecule is N#C[C@]12O[C@@H](c3ccc4c(N)ncnn34)[C@H](O)[C@@]1(O)C2OC(=O)OCc1ccccc1. The summed E-state index contributed by atoms with van der Waals surface area (Å²) in [5.41, 5.74) is 3.33. The number of nitrogen functional groups attached to an aromatic ring is 1. The number of benzene rings is 1. The van der Waals surface area contributed by atoms with E-state index < -0.39 is 35.7 Å². The molecule has 1 aliphatic carbocycles. The molecule has 31 heavy (non-hydrogen) atoms. The summed E-state index contributed by atoms with van der Waals surface area (Å²) >= 11 is 0. The zero-order valence-corrected chi connectivity index (χ0v) is 16.0. The Morgan fingerprint density at radius 3 is 2.81 bits per heavy atom. The molecule has 11 heteroatoms. The number of aliphatic hydroxyl groups is 2. The van der Waals surface area contributed by atoms with Crippen LogP contribution in [0.25, 0.3) is 5.52 Å². The van der Waals surface area contributed by atoms with Gasteiger partial charge >= 0.3 is 6.16 Å². The highest BCUT2D eigenvalue weighted by Crippen LogP contribution is 2.64. The Hall–Kier alpha value is -3.72. The monoisotopic (exact) mass is 423 g/mol. The molecular formula is C20H17N5O6. The van der Waals surface area contributed by atoms with Crippen molar-refractivity contribution in [2.45, 2.75) is 36.1 Å². The molecule has 4 N–H and O–H groups in total. The molecule has 11 nitrogen and oxygen atoms in total. The average molecular weight is 423 g/mol. The molecule has 5 rings (SSSR count). The first kappa shape index (κ1) is 19.3. The topological polar surface area (TPSA) is 165 Å². The number of nitriles is 1. The lowest BCUT2D eigenvalue weighted by molar-refractivity contribution is -0.0868. The summed E-state index contributed by atoms with van der Waals surface area (Å²) in [6.07, 6.45) is -3.95. The smallest absolute Gasteiger partial charge is 0.429 e. The van der Waals surface area contributed by atoms with Crippen molar-refractivity contribution in [1.82, 2.24) is 14.6 Å². The van der Waals surface area contributed by atoms with Gasteiger partial charge in [-0.3, -0.25) is 0 Å². The van der Waals surface area contributed by atoms with Gasteiger partial charge in [-0.2, -0.15) is 10.4 Å². The van der Waals surface area contributed by atoms with Crippen molar-refractivity contribution in [1.29, 1.82) is 5.26 Å². The Kier molecular flexibility index (Phi) is 4.13. The second-order valence-corrected chi connectivity index (χ2v) is 7.38. The lowest BCUT2D eigenvalue weighted by Gasteiger charge is -2.22. The molecule has 1 saturated heterocycles. The Morgan fingerprint density at radius 2 is 2.10 bits per heavy atom. The van der Waals surface area contributed by atoms with E-state index in [9.17, 15) is 20.3 Å². The van der Waals surface area contributed by atoms with E-state index in [-0.39, 0.29) is 12.4 Å². The minimum Gasteiger partial charge on any atom is -0.429 e. The van der Waals surface area contributed by atoms with Gasteiger partial charge in [-0.15, -0.1) is 0 Å². The van der Waals surface area contributed by atoms with Crippen molar-refractivity contribution in [2.24, 2.45) is 0 Å². The number of carbonyl (C=O) groups is 1. The van der Waals surface area contributed by atoms with E-state index in [4.69, 9.17) is 19.9 Å². The van der Waals surface area contributed by atoms with Gasteiger partial charge in [0.2, 0.25) is 5.60 Å². The van der Waals surface area contributed by atoms with Crippen LogP contribution in [0.4, 0.5) is 10.6 Å². The fourth-order valence-corrected chi connectivity index (χ4v) is 4.05. The van der Waals surface area contributed by atoms with E-state index in [0.717, 1.165) is 5.56 Å². The molecule has 1 saturated carbocycles. The van der Waals surface area contributed by atoms with Crippen LogP contribution in [0.15, 0.2) is 48.8 Å². The van der Waals surface area contributed by atoms with Crippen molar-refractivity contribution in [2.75, 3.05) is 5.73 Å². The highest BCUT2D eigenvalue weighted by Gasteiger charge is 2.91. The lowest BCUT2D eigenvalue weighted by atomic mass is 10.0. The maximum Gasteiger partial charge on any atom is 0.509 e. The molecule has 0 amide bonds. The maximum atomic E-state index is 12.1. The zero-order chi connectivity index (χ0) is 21.8. The predicted molar refractivity (Wildman–Crippen MR) is 102 cm³/mol. The van der Waals surface area contributed by atoms with Gasteiger partial charge < -0.3 is 30.2 Å². The number of fused-ring (bicyclic) bond motifs is 2. The maximum absolute atomic E-state index is 12.1. The van der Waals surface area contributed by atoms with Gasteiger partial charge in [0.1, 0.15) is 36.7 Å². The quantitative estimate of drug-likeness (QED) is 0.502. The first-order valence-electron chi connectivity index (χ1n) is 9.37. The third-order valence-corrected chi connectivity index (χ3v) is 5.71. The summed E-state index contributed by atoms with van der Waals surface area (Å²) in [6, 6.07) is 14.0. The van der Waals surface area contributed by atoms with E-state index in [2.05, 4.69) is 10.1 Å². The number of hydrogen-bond donors (Lipinski definition) is 3. The van der Waals surface area contributed by atoms with E-state index in [1.54, 1.807) is 36.4 Å². The Morgan fingerprint density at radius 1 is 1.32 bits per heavy atom. The van der Waals surface area contributed by atoms with Crippen LogP contribution < -0.4 is 5.73 Å². The number of aliphatic hydroxyl groups excluding tert-OH is 1. The van der Waals surface area contributed by atoms with Crippen LogP contribution in [0.2, 0.25) is 0 Å². The number of ether oxygens (including phenoxy) is 3. The van der Waals surface area contributed by atoms with Crippen LogP contribution in [-0.2, 0) is 20.8 Å². The molecule has 2 aromatic heterocycles. The van der Waals surface area contributed by atoms with Gasteiger partial charge in [0.15, 0.2) is 17.5 Å². The van der Waals surface area contributed by atoms with Crippen LogP contribution in [0.1, 0.15) is 17.4 Å². The summed E-state index contributed by atoms with van der Waals surface area (Å²) in [7, 11) is 0. The average Bonchev–Trinajstić information content (AvgIpc) is 3.05. The fraction of sp³-hybridized carbons (Fsp3) is 0.300. The van der Waals surface area contributed by atoms with Gasteiger partial charge in [0.05, 0.1) is 5.69 Å². The van der Waals surface area contributed by atoms with Gasteiger partial charge in [-0.05, 0) is 17.7 Å². The third kappa shape index (κ3) is 2.59. The Bertz CT molecular complexity index is 1210. The molecule has 3 aromatic rings. The molecule has 5 atom stereocenters. The summed E-state index contributed by atoms with van der Waals surface area (Å²) in [4.78, 5) is 16.0. The fourth-order valence-electron chi connectivity index (χ4n) is 4.05. The second-order valence-electron chi connectivity index (χ2n) is 7.38. The van der Waals surface area contributed by atoms with E-state index in [0.29, 0.717) is 11.2 Å². The van der Waals surface area contributed by atoms with E-state index in [1.165, 1.54) is 10.8 Å². The number of anilines is 1. The van der Waals surface area contributed by atoms with Crippen LogP contribution in [-0.4, -0.2) is 54.4 Å². The second kappa shape index (κ2) is 6.64. The van der Waals surface area contributed by atoms with Gasteiger partial charge in [0.25, 0.3) is 0 Å². The highest BCUT2D eigenvalue weighted by atomic mass is 16.8. The van der Waals surface area contributed by atoms with Gasteiger partial charge in [0, 0.05) is 0 Å². The standard InChI is InChI=1S/C20H17N5O6/c21-9-19-17(30-18(27)29-8-11-4-2-1-3-5-11)20(19,28)15(26)14(31-19)12-6-7-13-16(22)23-10-24-25(12)13/h1-7,10,14-15,17,26,28H,8H2,(H2,22,23,24)/t14-,15-,17?,19+,20+/m0/s1.